The molecule has 0 aliphatic carbocycles. The Bertz CT molecular complexity index is 1230. The number of aromatic nitrogens is 1. The van der Waals surface area contributed by atoms with Gasteiger partial charge in [0.2, 0.25) is 0 Å². The summed E-state index contributed by atoms with van der Waals surface area (Å²) in [5.41, 5.74) is 1.68. The van der Waals surface area contributed by atoms with Gasteiger partial charge in [-0.2, -0.15) is 4.99 Å². The van der Waals surface area contributed by atoms with Gasteiger partial charge in [-0.05, 0) is 42.8 Å². The van der Waals surface area contributed by atoms with Gasteiger partial charge in [0.25, 0.3) is 5.91 Å². The van der Waals surface area contributed by atoms with Crippen molar-refractivity contribution in [2.24, 2.45) is 4.99 Å². The molecule has 3 rings (SSSR count). The van der Waals surface area contributed by atoms with Crippen molar-refractivity contribution < 1.29 is 22.7 Å². The number of sulfone groups is 1. The minimum atomic E-state index is -3.26. The van der Waals surface area contributed by atoms with E-state index in [-0.39, 0.29) is 23.0 Å². The van der Waals surface area contributed by atoms with E-state index in [0.29, 0.717) is 30.1 Å². The Labute approximate surface area is 185 Å². The third-order valence-corrected chi connectivity index (χ3v) is 7.51. The van der Waals surface area contributed by atoms with Gasteiger partial charge in [0.15, 0.2) is 14.6 Å². The topological polar surface area (TPSA) is 87.0 Å². The van der Waals surface area contributed by atoms with Gasteiger partial charge in [-0.25, -0.2) is 8.42 Å². The maximum absolute atomic E-state index is 12.6. The summed E-state index contributed by atoms with van der Waals surface area (Å²) in [6.07, 6.45) is 0.0924. The number of amides is 1. The highest BCUT2D eigenvalue weighted by Gasteiger charge is 2.13. The van der Waals surface area contributed by atoms with Crippen LogP contribution in [0.25, 0.3) is 10.2 Å². The number of carbonyl (C=O) groups excluding carboxylic acids is 1. The maximum atomic E-state index is 12.6. The second-order valence-electron chi connectivity index (χ2n) is 6.82. The van der Waals surface area contributed by atoms with E-state index >= 15 is 0 Å². The van der Waals surface area contributed by atoms with Gasteiger partial charge in [0.05, 0.1) is 40.5 Å². The predicted octanol–water partition coefficient (Wildman–Crippen LogP) is 3.21. The van der Waals surface area contributed by atoms with Gasteiger partial charge in [-0.3, -0.25) is 4.79 Å². The minimum Gasteiger partial charge on any atom is -0.494 e. The van der Waals surface area contributed by atoms with Crippen molar-refractivity contribution in [3.63, 3.8) is 0 Å². The first kappa shape index (κ1) is 23.2. The molecule has 0 saturated carbocycles. The minimum absolute atomic E-state index is 0.0407. The molecule has 3 aromatic rings. The number of nitrogens with zero attached hydrogens (tertiary/aromatic N) is 2. The van der Waals surface area contributed by atoms with Gasteiger partial charge >= 0.3 is 0 Å². The summed E-state index contributed by atoms with van der Waals surface area (Å²) in [4.78, 5) is 17.8. The SMILES string of the molecule is CCOc1ccc2c(c1)sc(=NC(=O)Cc1ccc(S(=O)(=O)CC)cc1)n2CCOC. The fourth-order valence-electron chi connectivity index (χ4n) is 3.10. The molecule has 166 valence electrons. The van der Waals surface area contributed by atoms with E-state index in [4.69, 9.17) is 9.47 Å². The lowest BCUT2D eigenvalue weighted by molar-refractivity contribution is -0.117. The molecule has 0 radical (unpaired) electrons. The van der Waals surface area contributed by atoms with Crippen LogP contribution >= 0.6 is 11.3 Å². The summed E-state index contributed by atoms with van der Waals surface area (Å²) in [5.74, 6) is 0.517. The normalized spacial score (nSPS) is 12.4. The van der Waals surface area contributed by atoms with Gasteiger partial charge in [-0.15, -0.1) is 0 Å². The first-order valence-corrected chi connectivity index (χ1v) is 12.5. The van der Waals surface area contributed by atoms with Gasteiger partial charge in [0, 0.05) is 13.7 Å². The monoisotopic (exact) mass is 462 g/mol. The number of hydrogen-bond donors (Lipinski definition) is 0. The molecule has 7 nitrogen and oxygen atoms in total. The van der Waals surface area contributed by atoms with Gasteiger partial charge in [-0.1, -0.05) is 30.4 Å². The van der Waals surface area contributed by atoms with Crippen molar-refractivity contribution in [1.82, 2.24) is 4.57 Å². The molecule has 9 heteroatoms. The zero-order valence-corrected chi connectivity index (χ0v) is 19.5. The van der Waals surface area contributed by atoms with E-state index < -0.39 is 9.84 Å². The van der Waals surface area contributed by atoms with Crippen LogP contribution in [0.3, 0.4) is 0 Å². The Kier molecular flexibility index (Phi) is 7.64. The van der Waals surface area contributed by atoms with Crippen LogP contribution in [-0.2, 0) is 32.3 Å². The van der Waals surface area contributed by atoms with Crippen molar-refractivity contribution in [3.8, 4) is 5.75 Å². The average molecular weight is 463 g/mol. The molecule has 2 aromatic carbocycles. The van der Waals surface area contributed by atoms with Gasteiger partial charge < -0.3 is 14.0 Å². The molecule has 0 bridgehead atoms. The van der Waals surface area contributed by atoms with Crippen LogP contribution in [-0.4, -0.2) is 45.0 Å². The van der Waals surface area contributed by atoms with Gasteiger partial charge in [0.1, 0.15) is 5.75 Å². The first-order valence-electron chi connectivity index (χ1n) is 10.0. The Morgan fingerprint density at radius 3 is 2.52 bits per heavy atom. The summed E-state index contributed by atoms with van der Waals surface area (Å²) < 4.78 is 37.6. The molecule has 0 atom stereocenters. The quantitative estimate of drug-likeness (QED) is 0.487. The fraction of sp³-hybridized carbons (Fsp3) is 0.364. The molecule has 1 amide bonds. The molecule has 1 aromatic heterocycles. The van der Waals surface area contributed by atoms with Crippen LogP contribution in [0.5, 0.6) is 5.75 Å². The Morgan fingerprint density at radius 2 is 1.87 bits per heavy atom. The number of thiazole rings is 1. The predicted molar refractivity (Wildman–Crippen MR) is 121 cm³/mol. The molecule has 0 fully saturated rings. The lowest BCUT2D eigenvalue weighted by Gasteiger charge is -2.06. The molecule has 1 heterocycles. The smallest absolute Gasteiger partial charge is 0.252 e. The largest absolute Gasteiger partial charge is 0.494 e. The number of methoxy groups -OCH3 is 1. The van der Waals surface area contributed by atoms with Crippen LogP contribution in [0, 0.1) is 0 Å². The highest BCUT2D eigenvalue weighted by molar-refractivity contribution is 7.91. The number of hydrogen-bond acceptors (Lipinski definition) is 6. The molecule has 0 N–H and O–H groups in total. The van der Waals surface area contributed by atoms with E-state index in [2.05, 4.69) is 4.99 Å². The zero-order valence-electron chi connectivity index (χ0n) is 17.8. The summed E-state index contributed by atoms with van der Waals surface area (Å²) >= 11 is 1.42. The fourth-order valence-corrected chi connectivity index (χ4v) is 5.08. The number of benzene rings is 2. The van der Waals surface area contributed by atoms with E-state index in [0.717, 1.165) is 16.0 Å². The third kappa shape index (κ3) is 5.61. The zero-order chi connectivity index (χ0) is 22.4. The van der Waals surface area contributed by atoms with Crippen LogP contribution < -0.4 is 9.54 Å². The molecule has 31 heavy (non-hydrogen) atoms. The first-order chi connectivity index (χ1) is 14.9. The number of ether oxygens (including phenoxy) is 2. The molecule has 0 unspecified atom stereocenters. The highest BCUT2D eigenvalue weighted by atomic mass is 32.2. The van der Waals surface area contributed by atoms with Crippen molar-refractivity contribution >= 4 is 37.3 Å². The van der Waals surface area contributed by atoms with Crippen LogP contribution in [0.4, 0.5) is 0 Å². The summed E-state index contributed by atoms with van der Waals surface area (Å²) in [6.45, 7) is 5.18. The van der Waals surface area contributed by atoms with Crippen LogP contribution in [0.2, 0.25) is 0 Å². The van der Waals surface area contributed by atoms with E-state index in [1.807, 2.05) is 29.7 Å². The van der Waals surface area contributed by atoms with Crippen LogP contribution in [0.15, 0.2) is 52.4 Å². The molecular formula is C22H26N2O5S2. The van der Waals surface area contributed by atoms with Crippen molar-refractivity contribution in [1.29, 1.82) is 0 Å². The van der Waals surface area contributed by atoms with E-state index in [1.165, 1.54) is 23.5 Å². The number of fused-ring (bicyclic) bond motifs is 1. The maximum Gasteiger partial charge on any atom is 0.252 e. The molecule has 0 saturated heterocycles. The Balaban J connectivity index is 1.90. The van der Waals surface area contributed by atoms with Crippen molar-refractivity contribution in [2.45, 2.75) is 31.7 Å². The second kappa shape index (κ2) is 10.2. The van der Waals surface area contributed by atoms with E-state index in [1.54, 1.807) is 26.2 Å². The summed E-state index contributed by atoms with van der Waals surface area (Å²) in [7, 11) is -1.63. The molecule has 0 aliphatic heterocycles. The summed E-state index contributed by atoms with van der Waals surface area (Å²) in [5, 5.41) is 0. The second-order valence-corrected chi connectivity index (χ2v) is 10.1. The molecular weight excluding hydrogens is 436 g/mol. The Morgan fingerprint density at radius 1 is 1.13 bits per heavy atom. The molecule has 0 spiro atoms. The van der Waals surface area contributed by atoms with Crippen molar-refractivity contribution in [2.75, 3.05) is 26.1 Å². The number of carbonyl (C=O) groups is 1. The van der Waals surface area contributed by atoms with E-state index in [9.17, 15) is 13.2 Å². The molecule has 0 aliphatic rings. The lowest BCUT2D eigenvalue weighted by atomic mass is 10.1. The van der Waals surface area contributed by atoms with Crippen LogP contribution in [0.1, 0.15) is 19.4 Å². The van der Waals surface area contributed by atoms with Crippen molar-refractivity contribution in [3.05, 3.63) is 52.8 Å². The highest BCUT2D eigenvalue weighted by Crippen LogP contribution is 2.23. The Hall–Kier alpha value is -2.49. The lowest BCUT2D eigenvalue weighted by Crippen LogP contribution is -2.19. The average Bonchev–Trinajstić information content (AvgIpc) is 3.08. The third-order valence-electron chi connectivity index (χ3n) is 4.72. The number of rotatable bonds is 9. The standard InChI is InChI=1S/C22H26N2O5S2/c1-4-29-17-8-11-19-20(15-17)30-22(24(19)12-13-28-3)23-21(25)14-16-6-9-18(10-7-16)31(26,27)5-2/h6-11,15H,4-5,12-14H2,1-3H3. The summed E-state index contributed by atoms with van der Waals surface area (Å²) in [6, 6.07) is 12.2.